The first-order valence-corrected chi connectivity index (χ1v) is 10.4. The molecule has 154 valence electrons. The predicted octanol–water partition coefficient (Wildman–Crippen LogP) is 2.44. The van der Waals surface area contributed by atoms with E-state index in [1.165, 1.54) is 0 Å². The number of morpholine rings is 1. The van der Waals surface area contributed by atoms with Crippen molar-refractivity contribution in [3.05, 3.63) is 48.3 Å². The van der Waals surface area contributed by atoms with E-state index in [4.69, 9.17) is 4.74 Å². The molecule has 0 aliphatic carbocycles. The van der Waals surface area contributed by atoms with Gasteiger partial charge in [0, 0.05) is 39.3 Å². The molecule has 1 amide bonds. The fourth-order valence-electron chi connectivity index (χ4n) is 3.84. The third-order valence-corrected chi connectivity index (χ3v) is 5.62. The molecule has 29 heavy (non-hydrogen) atoms. The van der Waals surface area contributed by atoms with Crippen molar-refractivity contribution in [1.29, 1.82) is 0 Å². The molecule has 0 bridgehead atoms. The maximum Gasteiger partial charge on any atom is 0.272 e. The number of aromatic nitrogens is 1. The van der Waals surface area contributed by atoms with Gasteiger partial charge in [-0.05, 0) is 30.8 Å². The highest BCUT2D eigenvalue weighted by Crippen LogP contribution is 2.29. The molecular weight excluding hydrogens is 366 g/mol. The van der Waals surface area contributed by atoms with Gasteiger partial charge < -0.3 is 24.8 Å². The highest BCUT2D eigenvalue weighted by Gasteiger charge is 2.22. The number of nitrogens with zero attached hydrogens (tertiary/aromatic N) is 4. The van der Waals surface area contributed by atoms with Crippen LogP contribution in [-0.4, -0.2) is 79.7 Å². The quantitative estimate of drug-likeness (QED) is 0.839. The number of amides is 1. The van der Waals surface area contributed by atoms with E-state index in [-0.39, 0.29) is 5.91 Å². The third kappa shape index (κ3) is 4.68. The number of rotatable bonds is 5. The molecule has 0 spiro atoms. The highest BCUT2D eigenvalue weighted by molar-refractivity contribution is 5.92. The van der Waals surface area contributed by atoms with Gasteiger partial charge in [-0.3, -0.25) is 4.79 Å². The molecule has 2 fully saturated rings. The normalized spacial score (nSPS) is 18.0. The van der Waals surface area contributed by atoms with Crippen LogP contribution in [0.5, 0.6) is 0 Å². The minimum Gasteiger partial charge on any atom is -0.378 e. The Bertz CT molecular complexity index is 812. The summed E-state index contributed by atoms with van der Waals surface area (Å²) in [6, 6.07) is 12.0. The van der Waals surface area contributed by atoms with E-state index in [1.54, 1.807) is 6.20 Å². The van der Waals surface area contributed by atoms with Gasteiger partial charge in [0.05, 0.1) is 36.5 Å². The van der Waals surface area contributed by atoms with Crippen molar-refractivity contribution in [2.24, 2.45) is 0 Å². The van der Waals surface area contributed by atoms with Gasteiger partial charge in [-0.25, -0.2) is 4.98 Å². The Morgan fingerprint density at radius 2 is 1.79 bits per heavy atom. The molecular formula is C22H29N5O2. The zero-order valence-electron chi connectivity index (χ0n) is 17.0. The monoisotopic (exact) mass is 395 g/mol. The predicted molar refractivity (Wildman–Crippen MR) is 115 cm³/mol. The summed E-state index contributed by atoms with van der Waals surface area (Å²) in [5, 5.41) is 3.45. The maximum absolute atomic E-state index is 12.7. The van der Waals surface area contributed by atoms with E-state index in [2.05, 4.69) is 39.2 Å². The number of para-hydroxylation sites is 2. The summed E-state index contributed by atoms with van der Waals surface area (Å²) in [6.07, 6.45) is 1.74. The summed E-state index contributed by atoms with van der Waals surface area (Å²) in [5.74, 6) is 0.0148. The van der Waals surface area contributed by atoms with Crippen LogP contribution >= 0.6 is 0 Å². The fourth-order valence-corrected chi connectivity index (χ4v) is 3.84. The summed E-state index contributed by atoms with van der Waals surface area (Å²) in [6.45, 7) is 9.85. The van der Waals surface area contributed by atoms with E-state index >= 15 is 0 Å². The van der Waals surface area contributed by atoms with Crippen LogP contribution in [0, 0.1) is 0 Å². The summed E-state index contributed by atoms with van der Waals surface area (Å²) in [4.78, 5) is 23.7. The lowest BCUT2D eigenvalue weighted by molar-refractivity contribution is 0.0637. The number of piperazine rings is 1. The standard InChI is InChI=1S/C22H29N5O2/c1-2-25-9-11-27(12-10-25)22(28)20-8-7-18(17-23-20)24-19-5-3-4-6-21(19)26-13-15-29-16-14-26/h3-8,17,24H,2,9-16H2,1H3. The average molecular weight is 396 g/mol. The second-order valence-corrected chi connectivity index (χ2v) is 7.40. The van der Waals surface area contributed by atoms with Crippen LogP contribution in [0.4, 0.5) is 17.1 Å². The minimum atomic E-state index is 0.0148. The van der Waals surface area contributed by atoms with Crippen LogP contribution in [-0.2, 0) is 4.74 Å². The van der Waals surface area contributed by atoms with Gasteiger partial charge >= 0.3 is 0 Å². The molecule has 7 heteroatoms. The lowest BCUT2D eigenvalue weighted by atomic mass is 10.2. The average Bonchev–Trinajstić information content (AvgIpc) is 2.80. The summed E-state index contributed by atoms with van der Waals surface area (Å²) >= 11 is 0. The first kappa shape index (κ1) is 19.7. The van der Waals surface area contributed by atoms with Crippen LogP contribution in [0.3, 0.4) is 0 Å². The van der Waals surface area contributed by atoms with E-state index in [0.29, 0.717) is 5.69 Å². The molecule has 2 aliphatic heterocycles. The Morgan fingerprint density at radius 1 is 1.03 bits per heavy atom. The Labute approximate surface area is 172 Å². The van der Waals surface area contributed by atoms with Crippen LogP contribution in [0.1, 0.15) is 17.4 Å². The summed E-state index contributed by atoms with van der Waals surface area (Å²) in [7, 11) is 0. The van der Waals surface area contributed by atoms with Crippen molar-refractivity contribution in [2.45, 2.75) is 6.92 Å². The number of anilines is 3. The fraction of sp³-hybridized carbons (Fsp3) is 0.455. The van der Waals surface area contributed by atoms with E-state index in [9.17, 15) is 4.79 Å². The number of nitrogens with one attached hydrogen (secondary N) is 1. The third-order valence-electron chi connectivity index (χ3n) is 5.62. The van der Waals surface area contributed by atoms with E-state index in [0.717, 1.165) is 76.1 Å². The molecule has 1 aromatic carbocycles. The highest BCUT2D eigenvalue weighted by atomic mass is 16.5. The molecule has 0 unspecified atom stereocenters. The Balaban J connectivity index is 1.42. The van der Waals surface area contributed by atoms with Crippen molar-refractivity contribution in [2.75, 3.05) is 69.2 Å². The van der Waals surface area contributed by atoms with E-state index < -0.39 is 0 Å². The van der Waals surface area contributed by atoms with Crippen LogP contribution in [0.2, 0.25) is 0 Å². The number of benzene rings is 1. The molecule has 7 nitrogen and oxygen atoms in total. The number of likely N-dealkylation sites (N-methyl/N-ethyl adjacent to an activating group) is 1. The summed E-state index contributed by atoms with van der Waals surface area (Å²) in [5.41, 5.74) is 3.57. The van der Waals surface area contributed by atoms with Crippen molar-refractivity contribution in [1.82, 2.24) is 14.8 Å². The van der Waals surface area contributed by atoms with Crippen molar-refractivity contribution >= 4 is 23.0 Å². The molecule has 3 heterocycles. The number of hydrogen-bond donors (Lipinski definition) is 1. The maximum atomic E-state index is 12.7. The van der Waals surface area contributed by atoms with Crippen LogP contribution in [0.25, 0.3) is 0 Å². The van der Waals surface area contributed by atoms with Gasteiger partial charge in [0.1, 0.15) is 5.69 Å². The van der Waals surface area contributed by atoms with E-state index in [1.807, 2.05) is 29.2 Å². The number of hydrogen-bond acceptors (Lipinski definition) is 6. The molecule has 4 rings (SSSR count). The Kier molecular flexibility index (Phi) is 6.27. The molecule has 2 aromatic rings. The first-order valence-electron chi connectivity index (χ1n) is 10.4. The van der Waals surface area contributed by atoms with Gasteiger partial charge in [-0.1, -0.05) is 19.1 Å². The SMILES string of the molecule is CCN1CCN(C(=O)c2ccc(Nc3ccccc3N3CCOCC3)cn2)CC1. The first-order chi connectivity index (χ1) is 14.2. The summed E-state index contributed by atoms with van der Waals surface area (Å²) < 4.78 is 5.47. The number of ether oxygens (including phenoxy) is 1. The Hall–Kier alpha value is -2.64. The second-order valence-electron chi connectivity index (χ2n) is 7.40. The molecule has 1 N–H and O–H groups in total. The van der Waals surface area contributed by atoms with Gasteiger partial charge in [0.2, 0.25) is 0 Å². The number of pyridine rings is 1. The zero-order valence-corrected chi connectivity index (χ0v) is 17.0. The van der Waals surface area contributed by atoms with Gasteiger partial charge in [-0.15, -0.1) is 0 Å². The molecule has 1 aromatic heterocycles. The Morgan fingerprint density at radius 3 is 2.48 bits per heavy atom. The second kappa shape index (κ2) is 9.24. The van der Waals surface area contributed by atoms with Gasteiger partial charge in [0.15, 0.2) is 0 Å². The van der Waals surface area contributed by atoms with Gasteiger partial charge in [0.25, 0.3) is 5.91 Å². The molecule has 2 saturated heterocycles. The van der Waals surface area contributed by atoms with Crippen LogP contribution < -0.4 is 10.2 Å². The lowest BCUT2D eigenvalue weighted by Crippen LogP contribution is -2.48. The van der Waals surface area contributed by atoms with Crippen molar-refractivity contribution in [3.8, 4) is 0 Å². The van der Waals surface area contributed by atoms with Crippen LogP contribution in [0.15, 0.2) is 42.6 Å². The largest absolute Gasteiger partial charge is 0.378 e. The number of carbonyl (C=O) groups excluding carboxylic acids is 1. The minimum absolute atomic E-state index is 0.0148. The zero-order chi connectivity index (χ0) is 20.1. The number of carbonyl (C=O) groups is 1. The van der Waals surface area contributed by atoms with Crippen molar-refractivity contribution < 1.29 is 9.53 Å². The smallest absolute Gasteiger partial charge is 0.272 e. The lowest BCUT2D eigenvalue weighted by Gasteiger charge is -2.33. The molecule has 0 atom stereocenters. The molecule has 0 saturated carbocycles. The van der Waals surface area contributed by atoms with Crippen molar-refractivity contribution in [3.63, 3.8) is 0 Å². The van der Waals surface area contributed by atoms with Gasteiger partial charge in [-0.2, -0.15) is 0 Å². The molecule has 2 aliphatic rings. The topological polar surface area (TPSA) is 60.9 Å². The molecule has 0 radical (unpaired) electrons.